The molecule has 1 unspecified atom stereocenters. The largest absolute Gasteiger partial charge is 0.444 e. The minimum Gasteiger partial charge on any atom is -0.444 e. The van der Waals surface area contributed by atoms with Crippen LogP contribution in [0.2, 0.25) is 0 Å². The Balaban J connectivity index is 1.98. The van der Waals surface area contributed by atoms with E-state index in [4.69, 9.17) is 10.2 Å². The fourth-order valence-electron chi connectivity index (χ4n) is 1.93. The Morgan fingerprint density at radius 1 is 1.56 bits per heavy atom. The standard InChI is InChI=1S/C12H21N3O/c1-12(2,3)10-6-14-11(16-10)8-15-5-4-9(13)7-15/h6,9H,4-5,7-8,13H2,1-3H3. The molecule has 1 aromatic rings. The smallest absolute Gasteiger partial charge is 0.208 e. The minimum absolute atomic E-state index is 0.0344. The van der Waals surface area contributed by atoms with Gasteiger partial charge in [-0.1, -0.05) is 20.8 Å². The fraction of sp³-hybridized carbons (Fsp3) is 0.750. The van der Waals surface area contributed by atoms with Crippen LogP contribution in [0.4, 0.5) is 0 Å². The number of likely N-dealkylation sites (tertiary alicyclic amines) is 1. The molecule has 0 spiro atoms. The highest BCUT2D eigenvalue weighted by atomic mass is 16.4. The molecule has 0 aromatic carbocycles. The van der Waals surface area contributed by atoms with E-state index in [0.717, 1.165) is 37.7 Å². The highest BCUT2D eigenvalue weighted by molar-refractivity contribution is 5.06. The molecule has 0 aliphatic carbocycles. The van der Waals surface area contributed by atoms with Crippen molar-refractivity contribution in [1.82, 2.24) is 9.88 Å². The van der Waals surface area contributed by atoms with Gasteiger partial charge in [-0.25, -0.2) is 4.98 Å². The number of hydrogen-bond donors (Lipinski definition) is 1. The predicted octanol–water partition coefficient (Wildman–Crippen LogP) is 1.51. The van der Waals surface area contributed by atoms with Gasteiger partial charge in [0.2, 0.25) is 5.89 Å². The fourth-order valence-corrected chi connectivity index (χ4v) is 1.93. The van der Waals surface area contributed by atoms with Gasteiger partial charge in [0.05, 0.1) is 12.7 Å². The van der Waals surface area contributed by atoms with Crippen molar-refractivity contribution in [3.8, 4) is 0 Å². The molecule has 4 heteroatoms. The molecule has 1 aromatic heterocycles. The van der Waals surface area contributed by atoms with Gasteiger partial charge in [0.1, 0.15) is 5.76 Å². The Morgan fingerprint density at radius 2 is 2.31 bits per heavy atom. The second-order valence-corrected chi connectivity index (χ2v) is 5.65. The third-order valence-corrected chi connectivity index (χ3v) is 2.96. The molecule has 0 saturated carbocycles. The average molecular weight is 223 g/mol. The van der Waals surface area contributed by atoms with E-state index in [0.29, 0.717) is 6.04 Å². The first-order chi connectivity index (χ1) is 7.45. The third kappa shape index (κ3) is 2.62. The zero-order chi connectivity index (χ0) is 11.8. The van der Waals surface area contributed by atoms with Crippen LogP contribution in [0.15, 0.2) is 10.6 Å². The van der Waals surface area contributed by atoms with Crippen LogP contribution < -0.4 is 5.73 Å². The summed E-state index contributed by atoms with van der Waals surface area (Å²) in [4.78, 5) is 6.62. The minimum atomic E-state index is 0.0344. The second-order valence-electron chi connectivity index (χ2n) is 5.65. The first-order valence-electron chi connectivity index (χ1n) is 5.88. The molecule has 4 nitrogen and oxygen atoms in total. The molecule has 2 rings (SSSR count). The summed E-state index contributed by atoms with van der Waals surface area (Å²) in [6.45, 7) is 9.17. The molecule has 1 aliphatic rings. The second kappa shape index (κ2) is 4.18. The summed E-state index contributed by atoms with van der Waals surface area (Å²) in [5, 5.41) is 0. The quantitative estimate of drug-likeness (QED) is 0.825. The molecule has 1 saturated heterocycles. The topological polar surface area (TPSA) is 55.3 Å². The van der Waals surface area contributed by atoms with Gasteiger partial charge in [-0.15, -0.1) is 0 Å². The maximum atomic E-state index is 5.86. The van der Waals surface area contributed by atoms with E-state index in [-0.39, 0.29) is 5.41 Å². The molecular weight excluding hydrogens is 202 g/mol. The lowest BCUT2D eigenvalue weighted by Crippen LogP contribution is -2.26. The van der Waals surface area contributed by atoms with Crippen LogP contribution in [-0.4, -0.2) is 29.0 Å². The molecule has 1 aliphatic heterocycles. The van der Waals surface area contributed by atoms with E-state index < -0.39 is 0 Å². The molecule has 2 heterocycles. The monoisotopic (exact) mass is 223 g/mol. The normalized spacial score (nSPS) is 22.9. The van der Waals surface area contributed by atoms with Crippen molar-refractivity contribution in [3.63, 3.8) is 0 Å². The maximum Gasteiger partial charge on any atom is 0.208 e. The highest BCUT2D eigenvalue weighted by Gasteiger charge is 2.23. The molecule has 1 atom stereocenters. The first-order valence-corrected chi connectivity index (χ1v) is 5.88. The molecular formula is C12H21N3O. The number of rotatable bonds is 2. The van der Waals surface area contributed by atoms with Crippen LogP contribution in [0.5, 0.6) is 0 Å². The van der Waals surface area contributed by atoms with Gasteiger partial charge >= 0.3 is 0 Å². The van der Waals surface area contributed by atoms with E-state index in [1.807, 2.05) is 6.20 Å². The average Bonchev–Trinajstić information content (AvgIpc) is 2.74. The Hall–Kier alpha value is -0.870. The van der Waals surface area contributed by atoms with Gasteiger partial charge in [0.25, 0.3) is 0 Å². The summed E-state index contributed by atoms with van der Waals surface area (Å²) in [6.07, 6.45) is 2.91. The van der Waals surface area contributed by atoms with Crippen LogP contribution in [0, 0.1) is 0 Å². The Bertz CT molecular complexity index is 353. The van der Waals surface area contributed by atoms with Crippen LogP contribution >= 0.6 is 0 Å². The van der Waals surface area contributed by atoms with Gasteiger partial charge in [0, 0.05) is 24.5 Å². The highest BCUT2D eigenvalue weighted by Crippen LogP contribution is 2.23. The molecule has 0 amide bonds. The van der Waals surface area contributed by atoms with E-state index in [1.54, 1.807) is 0 Å². The summed E-state index contributed by atoms with van der Waals surface area (Å²) in [7, 11) is 0. The maximum absolute atomic E-state index is 5.86. The molecule has 16 heavy (non-hydrogen) atoms. The van der Waals surface area contributed by atoms with Gasteiger partial charge in [0.15, 0.2) is 0 Å². The number of hydrogen-bond acceptors (Lipinski definition) is 4. The molecule has 1 fully saturated rings. The molecule has 2 N–H and O–H groups in total. The number of oxazole rings is 1. The van der Waals surface area contributed by atoms with Crippen molar-refractivity contribution in [2.75, 3.05) is 13.1 Å². The van der Waals surface area contributed by atoms with E-state index >= 15 is 0 Å². The summed E-state index contributed by atoms with van der Waals surface area (Å²) in [6, 6.07) is 0.317. The SMILES string of the molecule is CC(C)(C)c1cnc(CN2CCC(N)C2)o1. The van der Waals surface area contributed by atoms with Crippen LogP contribution in [-0.2, 0) is 12.0 Å². The molecule has 0 bridgehead atoms. The van der Waals surface area contributed by atoms with Gasteiger partial charge < -0.3 is 10.2 Å². The summed E-state index contributed by atoms with van der Waals surface area (Å²) in [5.41, 5.74) is 5.89. The lowest BCUT2D eigenvalue weighted by atomic mass is 9.94. The molecule has 90 valence electrons. The first kappa shape index (κ1) is 11.6. The van der Waals surface area contributed by atoms with E-state index in [9.17, 15) is 0 Å². The number of nitrogens with two attached hydrogens (primary N) is 1. The van der Waals surface area contributed by atoms with Crippen molar-refractivity contribution in [3.05, 3.63) is 17.8 Å². The predicted molar refractivity (Wildman–Crippen MR) is 63.1 cm³/mol. The van der Waals surface area contributed by atoms with Crippen molar-refractivity contribution < 1.29 is 4.42 Å². The van der Waals surface area contributed by atoms with Gasteiger partial charge in [-0.2, -0.15) is 0 Å². The zero-order valence-electron chi connectivity index (χ0n) is 10.4. The third-order valence-electron chi connectivity index (χ3n) is 2.96. The van der Waals surface area contributed by atoms with Crippen LogP contribution in [0.3, 0.4) is 0 Å². The number of nitrogens with zero attached hydrogens (tertiary/aromatic N) is 2. The van der Waals surface area contributed by atoms with Crippen LogP contribution in [0.1, 0.15) is 38.8 Å². The Morgan fingerprint density at radius 3 is 2.81 bits per heavy atom. The number of aromatic nitrogens is 1. The Kier molecular flexibility index (Phi) is 3.04. The van der Waals surface area contributed by atoms with Crippen molar-refractivity contribution in [2.45, 2.75) is 45.2 Å². The van der Waals surface area contributed by atoms with Gasteiger partial charge in [-0.05, 0) is 6.42 Å². The van der Waals surface area contributed by atoms with Crippen molar-refractivity contribution in [2.24, 2.45) is 5.73 Å². The van der Waals surface area contributed by atoms with Crippen molar-refractivity contribution >= 4 is 0 Å². The van der Waals surface area contributed by atoms with E-state index in [2.05, 4.69) is 30.7 Å². The van der Waals surface area contributed by atoms with Gasteiger partial charge in [-0.3, -0.25) is 4.90 Å². The lowest BCUT2D eigenvalue weighted by Gasteiger charge is -2.14. The van der Waals surface area contributed by atoms with Crippen molar-refractivity contribution in [1.29, 1.82) is 0 Å². The summed E-state index contributed by atoms with van der Waals surface area (Å²) in [5.74, 6) is 1.75. The van der Waals surface area contributed by atoms with E-state index in [1.165, 1.54) is 0 Å². The van der Waals surface area contributed by atoms with Crippen LogP contribution in [0.25, 0.3) is 0 Å². The Labute approximate surface area is 96.8 Å². The zero-order valence-corrected chi connectivity index (χ0v) is 10.4. The summed E-state index contributed by atoms with van der Waals surface area (Å²) < 4.78 is 5.75. The summed E-state index contributed by atoms with van der Waals surface area (Å²) >= 11 is 0. The molecule has 0 radical (unpaired) electrons. The lowest BCUT2D eigenvalue weighted by molar-refractivity contribution is 0.274.